The van der Waals surface area contributed by atoms with Gasteiger partial charge < -0.3 is 0 Å². The van der Waals surface area contributed by atoms with Crippen molar-refractivity contribution in [3.63, 3.8) is 0 Å². The first-order valence-electron chi connectivity index (χ1n) is 9.40. The summed E-state index contributed by atoms with van der Waals surface area (Å²) in [7, 11) is 0. The Labute approximate surface area is 171 Å². The van der Waals surface area contributed by atoms with Crippen LogP contribution >= 0.6 is 0 Å². The molecule has 5 rings (SSSR count). The zero-order valence-electron chi connectivity index (χ0n) is 15.8. The van der Waals surface area contributed by atoms with E-state index in [1.54, 1.807) is 9.08 Å². The van der Waals surface area contributed by atoms with E-state index in [-0.39, 0.29) is 5.56 Å². The Morgan fingerprint density at radius 1 is 0.767 bits per heavy atom. The molecule has 0 N–H and O–H groups in total. The summed E-state index contributed by atoms with van der Waals surface area (Å²) in [5.74, 6) is 0.945. The van der Waals surface area contributed by atoms with Crippen molar-refractivity contribution in [3.05, 3.63) is 107 Å². The van der Waals surface area contributed by atoms with Gasteiger partial charge in [0.05, 0.1) is 11.4 Å². The van der Waals surface area contributed by atoms with Gasteiger partial charge in [0.2, 0.25) is 5.78 Å². The van der Waals surface area contributed by atoms with Gasteiger partial charge in [-0.25, -0.2) is 0 Å². The first kappa shape index (κ1) is 17.6. The summed E-state index contributed by atoms with van der Waals surface area (Å²) in [5.41, 5.74) is 2.26. The number of aromatic nitrogens is 4. The van der Waals surface area contributed by atoms with Crippen molar-refractivity contribution in [2.24, 2.45) is 0 Å². The van der Waals surface area contributed by atoms with Crippen molar-refractivity contribution in [2.75, 3.05) is 0 Å². The van der Waals surface area contributed by atoms with Crippen LogP contribution in [0, 0.1) is 11.3 Å². The predicted molar refractivity (Wildman–Crippen MR) is 114 cm³/mol. The number of rotatable bonds is 3. The number of hydrogen-bond donors (Lipinski definition) is 0. The van der Waals surface area contributed by atoms with E-state index < -0.39 is 5.56 Å². The molecule has 6 nitrogen and oxygen atoms in total. The third kappa shape index (κ3) is 2.77. The lowest BCUT2D eigenvalue weighted by Crippen LogP contribution is -2.17. The van der Waals surface area contributed by atoms with Crippen LogP contribution in [0.1, 0.15) is 5.56 Å². The maximum absolute atomic E-state index is 12.8. The highest BCUT2D eigenvalue weighted by atomic mass is 16.1. The van der Waals surface area contributed by atoms with Gasteiger partial charge in [0, 0.05) is 11.1 Å². The van der Waals surface area contributed by atoms with Crippen molar-refractivity contribution in [1.29, 1.82) is 5.26 Å². The van der Waals surface area contributed by atoms with Gasteiger partial charge in [-0.3, -0.25) is 9.20 Å². The normalized spacial score (nSPS) is 10.8. The summed E-state index contributed by atoms with van der Waals surface area (Å²) in [6.07, 6.45) is 0. The summed E-state index contributed by atoms with van der Waals surface area (Å²) >= 11 is 0. The Morgan fingerprint density at radius 2 is 1.33 bits per heavy atom. The summed E-state index contributed by atoms with van der Waals surface area (Å²) < 4.78 is 3.43. The monoisotopic (exact) mass is 389 g/mol. The Kier molecular flexibility index (Phi) is 4.19. The van der Waals surface area contributed by atoms with Gasteiger partial charge in [0.15, 0.2) is 5.82 Å². The van der Waals surface area contributed by atoms with Crippen LogP contribution < -0.4 is 5.56 Å². The molecule has 0 aliphatic carbocycles. The van der Waals surface area contributed by atoms with E-state index >= 15 is 0 Å². The fourth-order valence-corrected chi connectivity index (χ4v) is 3.52. The lowest BCUT2D eigenvalue weighted by atomic mass is 10.1. The van der Waals surface area contributed by atoms with Crippen LogP contribution in [-0.4, -0.2) is 19.2 Å². The average Bonchev–Trinajstić information content (AvgIpc) is 3.19. The summed E-state index contributed by atoms with van der Waals surface area (Å²) in [5, 5.41) is 14.6. The fourth-order valence-electron chi connectivity index (χ4n) is 3.52. The van der Waals surface area contributed by atoms with E-state index in [1.165, 1.54) is 0 Å². The highest BCUT2D eigenvalue weighted by Crippen LogP contribution is 2.29. The molecule has 0 atom stereocenters. The van der Waals surface area contributed by atoms with Crippen LogP contribution in [0.3, 0.4) is 0 Å². The molecule has 6 heteroatoms. The fraction of sp³-hybridized carbons (Fsp3) is 0. The molecule has 0 bridgehead atoms. The van der Waals surface area contributed by atoms with E-state index in [0.29, 0.717) is 17.3 Å². The molecule has 0 unspecified atom stereocenters. The van der Waals surface area contributed by atoms with Crippen molar-refractivity contribution >= 4 is 5.78 Å². The zero-order valence-corrected chi connectivity index (χ0v) is 15.8. The molecule has 0 aliphatic heterocycles. The second-order valence-corrected chi connectivity index (χ2v) is 6.69. The summed E-state index contributed by atoms with van der Waals surface area (Å²) in [6, 6.07) is 30.6. The molecule has 2 heterocycles. The Balaban J connectivity index is 1.99. The quantitative estimate of drug-likeness (QED) is 0.466. The van der Waals surface area contributed by atoms with Crippen molar-refractivity contribution in [3.8, 4) is 34.4 Å². The molecule has 0 amide bonds. The number of nitriles is 1. The Hall–Kier alpha value is -4.50. The molecule has 2 aromatic heterocycles. The molecule has 0 radical (unpaired) electrons. The topological polar surface area (TPSA) is 76.0 Å². The van der Waals surface area contributed by atoms with Crippen LogP contribution in [-0.2, 0) is 0 Å². The third-order valence-corrected chi connectivity index (χ3v) is 4.86. The van der Waals surface area contributed by atoms with E-state index in [2.05, 4.69) is 4.98 Å². The SMILES string of the molecule is N#Cc1c(-c2ccccc2)n2c(-c3ccccc3)nn(-c3ccccc3)c2nc1=O. The second kappa shape index (κ2) is 7.15. The van der Waals surface area contributed by atoms with E-state index in [9.17, 15) is 10.1 Å². The van der Waals surface area contributed by atoms with E-state index in [0.717, 1.165) is 16.8 Å². The zero-order chi connectivity index (χ0) is 20.5. The van der Waals surface area contributed by atoms with Crippen molar-refractivity contribution < 1.29 is 0 Å². The standard InChI is InChI=1S/C24H15N5O/c25-16-20-21(17-10-4-1-5-11-17)28-22(18-12-6-2-7-13-18)27-29(24(28)26-23(20)30)19-14-8-3-9-15-19/h1-15H. The van der Waals surface area contributed by atoms with Gasteiger partial charge in [-0.05, 0) is 12.1 Å². The van der Waals surface area contributed by atoms with Gasteiger partial charge in [-0.15, -0.1) is 5.10 Å². The van der Waals surface area contributed by atoms with Crippen LogP contribution in [0.2, 0.25) is 0 Å². The van der Waals surface area contributed by atoms with E-state index in [1.807, 2.05) is 97.1 Å². The number of hydrogen-bond acceptors (Lipinski definition) is 4. The molecule has 3 aromatic carbocycles. The molecule has 0 spiro atoms. The number of fused-ring (bicyclic) bond motifs is 1. The number of para-hydroxylation sites is 1. The molecule has 142 valence electrons. The number of nitrogens with zero attached hydrogens (tertiary/aromatic N) is 5. The highest BCUT2D eigenvalue weighted by molar-refractivity contribution is 5.73. The highest BCUT2D eigenvalue weighted by Gasteiger charge is 2.22. The molecule has 5 aromatic rings. The molecule has 0 fully saturated rings. The predicted octanol–water partition coefficient (Wildman–Crippen LogP) is 4.09. The minimum atomic E-state index is -0.576. The van der Waals surface area contributed by atoms with Gasteiger partial charge in [0.25, 0.3) is 5.56 Å². The van der Waals surface area contributed by atoms with Gasteiger partial charge in [-0.1, -0.05) is 78.9 Å². The largest absolute Gasteiger partial charge is 0.293 e. The maximum Gasteiger partial charge on any atom is 0.293 e. The smallest absolute Gasteiger partial charge is 0.266 e. The average molecular weight is 389 g/mol. The molecule has 0 saturated carbocycles. The lowest BCUT2D eigenvalue weighted by molar-refractivity contribution is 0.895. The van der Waals surface area contributed by atoms with Gasteiger partial charge >= 0.3 is 0 Å². The molecular formula is C24H15N5O. The first-order chi connectivity index (χ1) is 14.8. The second-order valence-electron chi connectivity index (χ2n) is 6.69. The van der Waals surface area contributed by atoms with Crippen molar-refractivity contribution in [2.45, 2.75) is 0 Å². The third-order valence-electron chi connectivity index (χ3n) is 4.86. The maximum atomic E-state index is 12.8. The Bertz CT molecular complexity index is 1450. The van der Waals surface area contributed by atoms with Crippen LogP contribution in [0.5, 0.6) is 0 Å². The summed E-state index contributed by atoms with van der Waals surface area (Å²) in [6.45, 7) is 0. The van der Waals surface area contributed by atoms with Crippen LogP contribution in [0.25, 0.3) is 34.1 Å². The van der Waals surface area contributed by atoms with Crippen molar-refractivity contribution in [1.82, 2.24) is 19.2 Å². The Morgan fingerprint density at radius 3 is 1.93 bits per heavy atom. The molecule has 0 aliphatic rings. The van der Waals surface area contributed by atoms with Gasteiger partial charge in [-0.2, -0.15) is 14.9 Å². The molecule has 0 saturated heterocycles. The van der Waals surface area contributed by atoms with Crippen LogP contribution in [0.4, 0.5) is 0 Å². The lowest BCUT2D eigenvalue weighted by Gasteiger charge is -2.09. The molecular weight excluding hydrogens is 374 g/mol. The summed E-state index contributed by atoms with van der Waals surface area (Å²) in [4.78, 5) is 17.0. The number of benzene rings is 3. The minimum Gasteiger partial charge on any atom is -0.266 e. The van der Waals surface area contributed by atoms with E-state index in [4.69, 9.17) is 5.10 Å². The minimum absolute atomic E-state index is 0.0107. The first-order valence-corrected chi connectivity index (χ1v) is 9.40. The molecule has 30 heavy (non-hydrogen) atoms. The van der Waals surface area contributed by atoms with Gasteiger partial charge in [0.1, 0.15) is 11.6 Å². The van der Waals surface area contributed by atoms with Crippen LogP contribution in [0.15, 0.2) is 95.8 Å².